The number of rotatable bonds is 5. The minimum Gasteiger partial charge on any atom is -0.382 e. The van der Waals surface area contributed by atoms with Crippen molar-refractivity contribution in [3.63, 3.8) is 0 Å². The van der Waals surface area contributed by atoms with Crippen LogP contribution in [0.15, 0.2) is 36.7 Å². The van der Waals surface area contributed by atoms with E-state index in [0.717, 1.165) is 24.3 Å². The Labute approximate surface area is 99.2 Å². The molecule has 1 aromatic heterocycles. The molecule has 1 aromatic carbocycles. The fourth-order valence-electron chi connectivity index (χ4n) is 1.48. The Balaban J connectivity index is 2.04. The van der Waals surface area contributed by atoms with E-state index in [4.69, 9.17) is 5.73 Å². The van der Waals surface area contributed by atoms with Crippen molar-refractivity contribution < 1.29 is 4.39 Å². The van der Waals surface area contributed by atoms with Gasteiger partial charge in [-0.25, -0.2) is 9.07 Å². The summed E-state index contributed by atoms with van der Waals surface area (Å²) in [6.07, 6.45) is 4.52. The predicted molar refractivity (Wildman–Crippen MR) is 65.7 cm³/mol. The highest BCUT2D eigenvalue weighted by molar-refractivity contribution is 5.42. The van der Waals surface area contributed by atoms with Crippen LogP contribution in [-0.4, -0.2) is 22.9 Å². The van der Waals surface area contributed by atoms with Crippen LogP contribution in [0.5, 0.6) is 0 Å². The normalized spacial score (nSPS) is 10.5. The lowest BCUT2D eigenvalue weighted by Gasteiger charge is -2.01. The minimum atomic E-state index is -0.248. The van der Waals surface area contributed by atoms with Gasteiger partial charge in [-0.15, -0.1) is 0 Å². The van der Waals surface area contributed by atoms with Crippen LogP contribution in [0.25, 0.3) is 5.69 Å². The highest BCUT2D eigenvalue weighted by Gasteiger charge is 2.00. The first kappa shape index (κ1) is 11.6. The first-order chi connectivity index (χ1) is 8.29. The summed E-state index contributed by atoms with van der Waals surface area (Å²) in [5.74, 6) is -0.248. The molecule has 5 heteroatoms. The van der Waals surface area contributed by atoms with Crippen LogP contribution in [0.1, 0.15) is 6.42 Å². The Bertz CT molecular complexity index is 464. The van der Waals surface area contributed by atoms with E-state index >= 15 is 0 Å². The van der Waals surface area contributed by atoms with Gasteiger partial charge in [0, 0.05) is 6.54 Å². The van der Waals surface area contributed by atoms with Crippen LogP contribution in [0.3, 0.4) is 0 Å². The van der Waals surface area contributed by atoms with E-state index in [0.29, 0.717) is 6.54 Å². The molecule has 17 heavy (non-hydrogen) atoms. The van der Waals surface area contributed by atoms with E-state index in [-0.39, 0.29) is 5.82 Å². The van der Waals surface area contributed by atoms with Crippen molar-refractivity contribution in [2.75, 3.05) is 18.4 Å². The summed E-state index contributed by atoms with van der Waals surface area (Å²) >= 11 is 0. The standard InChI is InChI=1S/C12H15FN4/c13-10-2-4-12(5-3-10)17-9-11(8-16-17)15-7-1-6-14/h2-5,8-9,15H,1,6-7,14H2. The third-order valence-electron chi connectivity index (χ3n) is 2.38. The van der Waals surface area contributed by atoms with Crippen molar-refractivity contribution in [2.24, 2.45) is 5.73 Å². The molecule has 0 bridgehead atoms. The maximum absolute atomic E-state index is 12.8. The van der Waals surface area contributed by atoms with Gasteiger partial charge in [0.1, 0.15) is 5.82 Å². The zero-order valence-corrected chi connectivity index (χ0v) is 9.44. The van der Waals surface area contributed by atoms with Crippen LogP contribution < -0.4 is 11.1 Å². The quantitative estimate of drug-likeness (QED) is 0.775. The molecule has 0 saturated heterocycles. The lowest BCUT2D eigenvalue weighted by atomic mass is 10.3. The molecular formula is C12H15FN4. The van der Waals surface area contributed by atoms with Crippen molar-refractivity contribution in [2.45, 2.75) is 6.42 Å². The van der Waals surface area contributed by atoms with Gasteiger partial charge >= 0.3 is 0 Å². The molecule has 0 atom stereocenters. The van der Waals surface area contributed by atoms with Crippen LogP contribution in [0, 0.1) is 5.82 Å². The summed E-state index contributed by atoms with van der Waals surface area (Å²) in [6.45, 7) is 1.49. The van der Waals surface area contributed by atoms with Crippen LogP contribution in [0.2, 0.25) is 0 Å². The molecule has 0 aliphatic rings. The van der Waals surface area contributed by atoms with Gasteiger partial charge in [0.2, 0.25) is 0 Å². The summed E-state index contributed by atoms with van der Waals surface area (Å²) in [7, 11) is 0. The van der Waals surface area contributed by atoms with Crippen molar-refractivity contribution in [1.82, 2.24) is 9.78 Å². The fourth-order valence-corrected chi connectivity index (χ4v) is 1.48. The number of aromatic nitrogens is 2. The molecule has 4 nitrogen and oxygen atoms in total. The lowest BCUT2D eigenvalue weighted by Crippen LogP contribution is -2.07. The van der Waals surface area contributed by atoms with Gasteiger partial charge in [0.25, 0.3) is 0 Å². The van der Waals surface area contributed by atoms with E-state index in [9.17, 15) is 4.39 Å². The van der Waals surface area contributed by atoms with Gasteiger partial charge in [-0.3, -0.25) is 0 Å². The van der Waals surface area contributed by atoms with Crippen molar-refractivity contribution >= 4 is 5.69 Å². The highest BCUT2D eigenvalue weighted by atomic mass is 19.1. The van der Waals surface area contributed by atoms with Crippen LogP contribution >= 0.6 is 0 Å². The number of hydrogen-bond acceptors (Lipinski definition) is 3. The summed E-state index contributed by atoms with van der Waals surface area (Å²) in [6, 6.07) is 6.20. The zero-order valence-electron chi connectivity index (χ0n) is 9.44. The van der Waals surface area contributed by atoms with Crippen molar-refractivity contribution in [3.05, 3.63) is 42.5 Å². The Hall–Kier alpha value is -1.88. The second-order valence-electron chi connectivity index (χ2n) is 3.72. The fraction of sp³-hybridized carbons (Fsp3) is 0.250. The summed E-state index contributed by atoms with van der Waals surface area (Å²) in [5, 5.41) is 7.41. The smallest absolute Gasteiger partial charge is 0.123 e. The van der Waals surface area contributed by atoms with Gasteiger partial charge in [-0.05, 0) is 37.2 Å². The molecule has 1 heterocycles. The van der Waals surface area contributed by atoms with Crippen LogP contribution in [0.4, 0.5) is 10.1 Å². The average molecular weight is 234 g/mol. The largest absolute Gasteiger partial charge is 0.382 e. The summed E-state index contributed by atoms with van der Waals surface area (Å²) in [4.78, 5) is 0. The third-order valence-corrected chi connectivity index (χ3v) is 2.38. The molecule has 0 amide bonds. The second kappa shape index (κ2) is 5.45. The SMILES string of the molecule is NCCCNc1cnn(-c2ccc(F)cc2)c1. The summed E-state index contributed by atoms with van der Waals surface area (Å²) in [5.41, 5.74) is 7.17. The molecule has 0 fully saturated rings. The topological polar surface area (TPSA) is 55.9 Å². The molecule has 2 rings (SSSR count). The van der Waals surface area contributed by atoms with Gasteiger partial charge in [0.15, 0.2) is 0 Å². The van der Waals surface area contributed by atoms with Gasteiger partial charge in [0.05, 0.1) is 23.8 Å². The number of benzene rings is 1. The highest BCUT2D eigenvalue weighted by Crippen LogP contribution is 2.12. The maximum Gasteiger partial charge on any atom is 0.123 e. The number of halogens is 1. The van der Waals surface area contributed by atoms with E-state index < -0.39 is 0 Å². The van der Waals surface area contributed by atoms with Gasteiger partial charge in [-0.2, -0.15) is 5.10 Å². The lowest BCUT2D eigenvalue weighted by molar-refractivity contribution is 0.627. The Morgan fingerprint density at radius 1 is 1.29 bits per heavy atom. The molecule has 0 unspecified atom stereocenters. The third kappa shape index (κ3) is 3.04. The molecule has 0 spiro atoms. The Morgan fingerprint density at radius 2 is 2.06 bits per heavy atom. The number of hydrogen-bond donors (Lipinski definition) is 2. The van der Waals surface area contributed by atoms with E-state index in [1.165, 1.54) is 12.1 Å². The number of nitrogens with zero attached hydrogens (tertiary/aromatic N) is 2. The molecule has 0 aliphatic heterocycles. The maximum atomic E-state index is 12.8. The van der Waals surface area contributed by atoms with Gasteiger partial charge < -0.3 is 11.1 Å². The Kier molecular flexibility index (Phi) is 3.72. The number of anilines is 1. The van der Waals surface area contributed by atoms with Crippen molar-refractivity contribution in [1.29, 1.82) is 0 Å². The number of nitrogens with one attached hydrogen (secondary N) is 1. The molecule has 90 valence electrons. The predicted octanol–water partition coefficient (Wildman–Crippen LogP) is 1.77. The van der Waals surface area contributed by atoms with E-state index in [1.54, 1.807) is 23.0 Å². The zero-order chi connectivity index (χ0) is 12.1. The number of nitrogens with two attached hydrogens (primary N) is 1. The van der Waals surface area contributed by atoms with Crippen molar-refractivity contribution in [3.8, 4) is 5.69 Å². The minimum absolute atomic E-state index is 0.248. The van der Waals surface area contributed by atoms with Gasteiger partial charge in [-0.1, -0.05) is 0 Å². The molecule has 0 radical (unpaired) electrons. The second-order valence-corrected chi connectivity index (χ2v) is 3.72. The first-order valence-corrected chi connectivity index (χ1v) is 5.54. The van der Waals surface area contributed by atoms with Crippen LogP contribution in [-0.2, 0) is 0 Å². The van der Waals surface area contributed by atoms with E-state index in [2.05, 4.69) is 10.4 Å². The molecule has 0 aliphatic carbocycles. The summed E-state index contributed by atoms with van der Waals surface area (Å²) < 4.78 is 14.5. The monoisotopic (exact) mass is 234 g/mol. The molecule has 3 N–H and O–H groups in total. The molecule has 2 aromatic rings. The average Bonchev–Trinajstić information content (AvgIpc) is 2.79. The molecular weight excluding hydrogens is 219 g/mol. The Morgan fingerprint density at radius 3 is 2.76 bits per heavy atom. The first-order valence-electron chi connectivity index (χ1n) is 5.54. The molecule has 0 saturated carbocycles. The van der Waals surface area contributed by atoms with E-state index in [1.807, 2.05) is 6.20 Å².